The minimum atomic E-state index is 0. The van der Waals surface area contributed by atoms with Gasteiger partial charge in [0.25, 0.3) is 0 Å². The molecule has 8 heteroatoms. The standard InChI is InChI=1S/C18H28N6O.HI/c1-14-4-3-7-20-16(14)12-21-18(19-2)24-10-8-23(9-11-24)13-17(25)22-15-5-6-15;/h3-4,7,15H,5-6,8-13H2,1-2H3,(H,19,21)(H,22,25);1H. The summed E-state index contributed by atoms with van der Waals surface area (Å²) in [6.45, 7) is 6.74. The maximum atomic E-state index is 11.9. The minimum absolute atomic E-state index is 0. The lowest BCUT2D eigenvalue weighted by Crippen LogP contribution is -2.54. The quantitative estimate of drug-likeness (QED) is 0.380. The number of carbonyl (C=O) groups is 1. The predicted octanol–water partition coefficient (Wildman–Crippen LogP) is 0.980. The zero-order valence-electron chi connectivity index (χ0n) is 15.6. The molecule has 7 nitrogen and oxygen atoms in total. The Kier molecular flexibility index (Phi) is 8.08. The first kappa shape index (κ1) is 20.9. The summed E-state index contributed by atoms with van der Waals surface area (Å²) in [5, 5.41) is 6.45. The van der Waals surface area contributed by atoms with Crippen LogP contribution in [0.15, 0.2) is 23.3 Å². The van der Waals surface area contributed by atoms with Crippen LogP contribution in [0.4, 0.5) is 0 Å². The van der Waals surface area contributed by atoms with Crippen molar-refractivity contribution in [3.8, 4) is 0 Å². The molecule has 0 unspecified atom stereocenters. The topological polar surface area (TPSA) is 72.9 Å². The third-order valence-corrected chi connectivity index (χ3v) is 4.73. The zero-order valence-corrected chi connectivity index (χ0v) is 17.9. The van der Waals surface area contributed by atoms with Crippen molar-refractivity contribution in [2.75, 3.05) is 39.8 Å². The van der Waals surface area contributed by atoms with Crippen LogP contribution < -0.4 is 10.6 Å². The van der Waals surface area contributed by atoms with Crippen molar-refractivity contribution >= 4 is 35.8 Å². The third kappa shape index (κ3) is 6.08. The van der Waals surface area contributed by atoms with Crippen molar-refractivity contribution in [3.05, 3.63) is 29.6 Å². The van der Waals surface area contributed by atoms with E-state index in [4.69, 9.17) is 0 Å². The molecule has 0 radical (unpaired) electrons. The number of amides is 1. The van der Waals surface area contributed by atoms with Crippen LogP contribution in [0, 0.1) is 6.92 Å². The smallest absolute Gasteiger partial charge is 0.234 e. The second-order valence-corrected chi connectivity index (χ2v) is 6.77. The first-order valence-electron chi connectivity index (χ1n) is 9.03. The summed E-state index contributed by atoms with van der Waals surface area (Å²) in [4.78, 5) is 25.2. The number of nitrogens with one attached hydrogen (secondary N) is 2. The van der Waals surface area contributed by atoms with Gasteiger partial charge in [-0.3, -0.25) is 19.7 Å². The van der Waals surface area contributed by atoms with Crippen molar-refractivity contribution in [3.63, 3.8) is 0 Å². The Labute approximate surface area is 172 Å². The lowest BCUT2D eigenvalue weighted by molar-refractivity contribution is -0.122. The van der Waals surface area contributed by atoms with Gasteiger partial charge in [-0.25, -0.2) is 0 Å². The highest BCUT2D eigenvalue weighted by Crippen LogP contribution is 2.18. The van der Waals surface area contributed by atoms with Gasteiger partial charge in [0.2, 0.25) is 5.91 Å². The summed E-state index contributed by atoms with van der Waals surface area (Å²) in [6, 6.07) is 4.46. The van der Waals surface area contributed by atoms with E-state index >= 15 is 0 Å². The molecule has 1 aliphatic heterocycles. The number of hydrogen-bond acceptors (Lipinski definition) is 4. The lowest BCUT2D eigenvalue weighted by atomic mass is 10.2. The fourth-order valence-corrected chi connectivity index (χ4v) is 3.02. The second kappa shape index (κ2) is 10.1. The van der Waals surface area contributed by atoms with Gasteiger partial charge in [0.05, 0.1) is 18.8 Å². The molecule has 1 amide bonds. The molecule has 0 atom stereocenters. The Morgan fingerprint density at radius 2 is 2.04 bits per heavy atom. The maximum absolute atomic E-state index is 11.9. The SMILES string of the molecule is CN=C(NCc1ncccc1C)N1CCN(CC(=O)NC2CC2)CC1.I. The number of aromatic nitrogens is 1. The molecule has 2 heterocycles. The fourth-order valence-electron chi connectivity index (χ4n) is 3.02. The molecule has 2 fully saturated rings. The van der Waals surface area contributed by atoms with Crippen LogP contribution in [0.2, 0.25) is 0 Å². The first-order chi connectivity index (χ1) is 12.2. The average molecular weight is 472 g/mol. The van der Waals surface area contributed by atoms with Crippen LogP contribution in [0.3, 0.4) is 0 Å². The number of guanidine groups is 1. The van der Waals surface area contributed by atoms with Crippen LogP contribution in [0.1, 0.15) is 24.1 Å². The van der Waals surface area contributed by atoms with E-state index < -0.39 is 0 Å². The van der Waals surface area contributed by atoms with Crippen molar-refractivity contribution in [2.45, 2.75) is 32.4 Å². The molecule has 1 aromatic rings. The van der Waals surface area contributed by atoms with Gasteiger partial charge in [0.15, 0.2) is 5.96 Å². The number of halogens is 1. The Bertz CT molecular complexity index is 626. The Hall–Kier alpha value is -1.42. The number of hydrogen-bond donors (Lipinski definition) is 2. The van der Waals surface area contributed by atoms with Gasteiger partial charge in [-0.15, -0.1) is 24.0 Å². The molecular formula is C18H29IN6O. The first-order valence-corrected chi connectivity index (χ1v) is 9.03. The van der Waals surface area contributed by atoms with Gasteiger partial charge in [0.1, 0.15) is 0 Å². The summed E-state index contributed by atoms with van der Waals surface area (Å²) in [5.74, 6) is 1.05. The predicted molar refractivity (Wildman–Crippen MR) is 114 cm³/mol. The van der Waals surface area contributed by atoms with Gasteiger partial charge in [-0.1, -0.05) is 6.07 Å². The van der Waals surface area contributed by atoms with E-state index in [1.165, 1.54) is 5.56 Å². The van der Waals surface area contributed by atoms with Gasteiger partial charge in [0, 0.05) is 45.5 Å². The fraction of sp³-hybridized carbons (Fsp3) is 0.611. The second-order valence-electron chi connectivity index (χ2n) is 6.77. The van der Waals surface area contributed by atoms with Gasteiger partial charge in [-0.05, 0) is 31.4 Å². The molecule has 1 saturated carbocycles. The monoisotopic (exact) mass is 472 g/mol. The molecular weight excluding hydrogens is 443 g/mol. The molecule has 2 N–H and O–H groups in total. The summed E-state index contributed by atoms with van der Waals surface area (Å²) in [6.07, 6.45) is 4.09. The molecule has 1 aliphatic carbocycles. The zero-order chi connectivity index (χ0) is 17.6. The van der Waals surface area contributed by atoms with Crippen molar-refractivity contribution < 1.29 is 4.79 Å². The molecule has 1 aromatic heterocycles. The summed E-state index contributed by atoms with van der Waals surface area (Å²) < 4.78 is 0. The van der Waals surface area contributed by atoms with Crippen LogP contribution in [-0.4, -0.2) is 72.5 Å². The van der Waals surface area contributed by atoms with Crippen LogP contribution in [0.25, 0.3) is 0 Å². The van der Waals surface area contributed by atoms with E-state index in [0.717, 1.165) is 50.7 Å². The number of pyridine rings is 1. The summed E-state index contributed by atoms with van der Waals surface area (Å²) >= 11 is 0. The number of aryl methyl sites for hydroxylation is 1. The molecule has 1 saturated heterocycles. The summed E-state index contributed by atoms with van der Waals surface area (Å²) in [7, 11) is 1.81. The van der Waals surface area contributed by atoms with E-state index in [2.05, 4.69) is 43.4 Å². The van der Waals surface area contributed by atoms with E-state index in [1.54, 1.807) is 0 Å². The molecule has 3 rings (SSSR count). The third-order valence-electron chi connectivity index (χ3n) is 4.73. The Morgan fingerprint density at radius 3 is 2.65 bits per heavy atom. The molecule has 0 aromatic carbocycles. The van der Waals surface area contributed by atoms with Crippen LogP contribution in [-0.2, 0) is 11.3 Å². The highest BCUT2D eigenvalue weighted by molar-refractivity contribution is 14.0. The van der Waals surface area contributed by atoms with Crippen LogP contribution >= 0.6 is 24.0 Å². The van der Waals surface area contributed by atoms with Crippen molar-refractivity contribution in [1.82, 2.24) is 25.4 Å². The minimum Gasteiger partial charge on any atom is -0.352 e. The molecule has 0 bridgehead atoms. The molecule has 2 aliphatic rings. The van der Waals surface area contributed by atoms with Crippen LogP contribution in [0.5, 0.6) is 0 Å². The van der Waals surface area contributed by atoms with Crippen molar-refractivity contribution in [1.29, 1.82) is 0 Å². The van der Waals surface area contributed by atoms with E-state index in [9.17, 15) is 4.79 Å². The van der Waals surface area contributed by atoms with Gasteiger partial charge >= 0.3 is 0 Å². The Balaban J connectivity index is 0.00000243. The van der Waals surface area contributed by atoms with Gasteiger partial charge in [-0.2, -0.15) is 0 Å². The normalized spacial score (nSPS) is 18.2. The number of aliphatic imine (C=N–C) groups is 1. The highest BCUT2D eigenvalue weighted by Gasteiger charge is 2.25. The number of carbonyl (C=O) groups excluding carboxylic acids is 1. The number of rotatable bonds is 5. The van der Waals surface area contributed by atoms with E-state index in [0.29, 0.717) is 19.1 Å². The maximum Gasteiger partial charge on any atom is 0.234 e. The van der Waals surface area contributed by atoms with Gasteiger partial charge < -0.3 is 15.5 Å². The highest BCUT2D eigenvalue weighted by atomic mass is 127. The molecule has 144 valence electrons. The van der Waals surface area contributed by atoms with E-state index in [-0.39, 0.29) is 29.9 Å². The number of piperazine rings is 1. The van der Waals surface area contributed by atoms with Crippen molar-refractivity contribution in [2.24, 2.45) is 4.99 Å². The molecule has 26 heavy (non-hydrogen) atoms. The largest absolute Gasteiger partial charge is 0.352 e. The van der Waals surface area contributed by atoms with E-state index in [1.807, 2.05) is 19.3 Å². The lowest BCUT2D eigenvalue weighted by Gasteiger charge is -2.36. The number of nitrogens with zero attached hydrogens (tertiary/aromatic N) is 4. The average Bonchev–Trinajstić information content (AvgIpc) is 3.42. The Morgan fingerprint density at radius 1 is 1.31 bits per heavy atom. The summed E-state index contributed by atoms with van der Waals surface area (Å²) in [5.41, 5.74) is 2.22. The molecule has 0 spiro atoms.